The molecule has 0 radical (unpaired) electrons. The molecule has 1 amide bonds. The molecule has 2 aromatic heterocycles. The number of likely N-dealkylation sites (tertiary alicyclic amines) is 1. The van der Waals surface area contributed by atoms with E-state index in [-0.39, 0.29) is 29.8 Å². The number of amides is 1. The molecule has 122 valence electrons. The summed E-state index contributed by atoms with van der Waals surface area (Å²) >= 11 is 0. The van der Waals surface area contributed by atoms with Crippen molar-refractivity contribution >= 4 is 16.9 Å². The Morgan fingerprint density at radius 3 is 2.83 bits per heavy atom. The quantitative estimate of drug-likeness (QED) is 0.719. The van der Waals surface area contributed by atoms with Crippen LogP contribution in [-0.2, 0) is 0 Å². The smallest absolute Gasteiger partial charge is 0.272 e. The van der Waals surface area contributed by atoms with Crippen LogP contribution in [0.25, 0.3) is 11.0 Å². The fourth-order valence-electron chi connectivity index (χ4n) is 3.78. The van der Waals surface area contributed by atoms with Gasteiger partial charge in [0.15, 0.2) is 11.3 Å². The second-order valence-corrected chi connectivity index (χ2v) is 6.45. The van der Waals surface area contributed by atoms with E-state index in [1.54, 1.807) is 0 Å². The minimum absolute atomic E-state index is 0.00557. The molecule has 1 saturated heterocycles. The van der Waals surface area contributed by atoms with E-state index in [9.17, 15) is 14.7 Å². The van der Waals surface area contributed by atoms with E-state index in [2.05, 4.69) is 20.2 Å². The van der Waals surface area contributed by atoms with E-state index in [1.165, 1.54) is 11.2 Å². The Kier molecular flexibility index (Phi) is 2.87. The van der Waals surface area contributed by atoms with Gasteiger partial charge in [0.1, 0.15) is 11.1 Å². The van der Waals surface area contributed by atoms with Gasteiger partial charge in [0.25, 0.3) is 11.5 Å². The summed E-state index contributed by atoms with van der Waals surface area (Å²) in [5.74, 6) is -0.495. The molecular formula is C14H16FN5O3. The van der Waals surface area contributed by atoms with Crippen LogP contribution in [0.5, 0.6) is 0 Å². The molecule has 2 aliphatic rings. The maximum absolute atomic E-state index is 15.0. The van der Waals surface area contributed by atoms with Crippen LogP contribution in [0.15, 0.2) is 11.1 Å². The zero-order chi connectivity index (χ0) is 16.2. The highest BCUT2D eigenvalue weighted by atomic mass is 19.1. The van der Waals surface area contributed by atoms with E-state index < -0.39 is 29.2 Å². The lowest BCUT2D eigenvalue weighted by molar-refractivity contribution is -0.0588. The standard InChI is InChI=1S/C14H16FN5O3/c15-14(6-21)5-20(4-13(14)2-1-3-13)12(23)9-8-10(19-18-9)16-7-17-11(8)22/h7,21H,1-6H2,(H2,16,17,18,19,22). The number of aliphatic hydroxyl groups is 1. The molecule has 2 aromatic rings. The van der Waals surface area contributed by atoms with Gasteiger partial charge in [-0.25, -0.2) is 9.37 Å². The van der Waals surface area contributed by atoms with Gasteiger partial charge < -0.3 is 15.0 Å². The Hall–Kier alpha value is -2.29. The Balaban J connectivity index is 1.71. The average Bonchev–Trinajstić information content (AvgIpc) is 3.06. The molecule has 23 heavy (non-hydrogen) atoms. The molecule has 8 nitrogen and oxygen atoms in total. The normalized spacial score (nSPS) is 25.9. The van der Waals surface area contributed by atoms with Crippen molar-refractivity contribution in [1.82, 2.24) is 25.1 Å². The predicted octanol–water partition coefficient (Wildman–Crippen LogP) is -0.0271. The van der Waals surface area contributed by atoms with Crippen molar-refractivity contribution < 1.29 is 14.3 Å². The number of carbonyl (C=O) groups excluding carboxylic acids is 1. The summed E-state index contributed by atoms with van der Waals surface area (Å²) in [6.07, 6.45) is 3.40. The summed E-state index contributed by atoms with van der Waals surface area (Å²) in [5.41, 5.74) is -2.79. The number of fused-ring (bicyclic) bond motifs is 1. The summed E-state index contributed by atoms with van der Waals surface area (Å²) in [7, 11) is 0. The summed E-state index contributed by atoms with van der Waals surface area (Å²) in [6.45, 7) is -0.550. The van der Waals surface area contributed by atoms with Crippen molar-refractivity contribution in [2.24, 2.45) is 5.41 Å². The van der Waals surface area contributed by atoms with Gasteiger partial charge >= 0.3 is 0 Å². The Morgan fingerprint density at radius 1 is 1.43 bits per heavy atom. The first-order chi connectivity index (χ1) is 11.0. The first-order valence-corrected chi connectivity index (χ1v) is 7.50. The van der Waals surface area contributed by atoms with Crippen LogP contribution in [0.4, 0.5) is 4.39 Å². The number of alkyl halides is 1. The topological polar surface area (TPSA) is 115 Å². The molecule has 9 heteroatoms. The van der Waals surface area contributed by atoms with E-state index in [1.807, 2.05) is 0 Å². The predicted molar refractivity (Wildman–Crippen MR) is 77.6 cm³/mol. The third kappa shape index (κ3) is 1.79. The highest BCUT2D eigenvalue weighted by Crippen LogP contribution is 2.55. The first-order valence-electron chi connectivity index (χ1n) is 7.50. The maximum Gasteiger partial charge on any atom is 0.272 e. The summed E-state index contributed by atoms with van der Waals surface area (Å²) in [6, 6.07) is 0. The molecular weight excluding hydrogens is 305 g/mol. The number of rotatable bonds is 2. The van der Waals surface area contributed by atoms with Gasteiger partial charge in [-0.05, 0) is 12.8 Å². The number of hydrogen-bond acceptors (Lipinski definition) is 5. The number of carbonyl (C=O) groups is 1. The molecule has 1 spiro atoms. The van der Waals surface area contributed by atoms with Gasteiger partial charge in [0.05, 0.1) is 19.5 Å². The summed E-state index contributed by atoms with van der Waals surface area (Å²) in [4.78, 5) is 32.3. The third-order valence-corrected chi connectivity index (χ3v) is 5.30. The molecule has 0 bridgehead atoms. The largest absolute Gasteiger partial charge is 0.393 e. The van der Waals surface area contributed by atoms with Crippen molar-refractivity contribution in [3.05, 3.63) is 22.4 Å². The lowest BCUT2D eigenvalue weighted by Crippen LogP contribution is -2.50. The molecule has 1 saturated carbocycles. The van der Waals surface area contributed by atoms with Gasteiger partial charge in [-0.15, -0.1) is 0 Å². The molecule has 1 aliphatic carbocycles. The van der Waals surface area contributed by atoms with Gasteiger partial charge in [-0.3, -0.25) is 14.7 Å². The number of H-pyrrole nitrogens is 2. The summed E-state index contributed by atoms with van der Waals surface area (Å²) in [5, 5.41) is 15.9. The maximum atomic E-state index is 15.0. The van der Waals surface area contributed by atoms with Gasteiger partial charge in [0.2, 0.25) is 0 Å². The number of nitrogens with zero attached hydrogens (tertiary/aromatic N) is 3. The lowest BCUT2D eigenvalue weighted by atomic mass is 9.61. The first kappa shape index (κ1) is 14.3. The van der Waals surface area contributed by atoms with Gasteiger partial charge in [-0.1, -0.05) is 6.42 Å². The zero-order valence-electron chi connectivity index (χ0n) is 12.3. The number of aliphatic hydroxyl groups excluding tert-OH is 1. The Morgan fingerprint density at radius 2 is 2.22 bits per heavy atom. The fourth-order valence-corrected chi connectivity index (χ4v) is 3.78. The molecule has 3 N–H and O–H groups in total. The monoisotopic (exact) mass is 321 g/mol. The molecule has 4 rings (SSSR count). The average molecular weight is 321 g/mol. The molecule has 1 aliphatic heterocycles. The van der Waals surface area contributed by atoms with Crippen LogP contribution in [0, 0.1) is 5.41 Å². The van der Waals surface area contributed by atoms with E-state index >= 15 is 4.39 Å². The zero-order valence-corrected chi connectivity index (χ0v) is 12.3. The third-order valence-electron chi connectivity index (χ3n) is 5.30. The highest BCUT2D eigenvalue weighted by molar-refractivity contribution is 6.03. The molecule has 1 unspecified atom stereocenters. The number of halogens is 1. The lowest BCUT2D eigenvalue weighted by Gasteiger charge is -2.45. The molecule has 0 aromatic carbocycles. The van der Waals surface area contributed by atoms with Crippen molar-refractivity contribution in [2.45, 2.75) is 24.9 Å². The highest BCUT2D eigenvalue weighted by Gasteiger charge is 2.62. The van der Waals surface area contributed by atoms with E-state index in [4.69, 9.17) is 0 Å². The fraction of sp³-hybridized carbons (Fsp3) is 0.571. The number of nitrogens with one attached hydrogen (secondary N) is 2. The van der Waals surface area contributed by atoms with Crippen molar-refractivity contribution in [1.29, 1.82) is 0 Å². The van der Waals surface area contributed by atoms with E-state index in [0.717, 1.165) is 6.42 Å². The minimum Gasteiger partial charge on any atom is -0.393 e. The van der Waals surface area contributed by atoms with Crippen LogP contribution in [0.3, 0.4) is 0 Å². The number of aromatic amines is 2. The molecule has 1 atom stereocenters. The van der Waals surface area contributed by atoms with Gasteiger partial charge in [-0.2, -0.15) is 5.10 Å². The summed E-state index contributed by atoms with van der Waals surface area (Å²) < 4.78 is 15.0. The SMILES string of the molecule is O=C(c1[nH]nc2nc[nH]c(=O)c12)N1CC(F)(CO)C2(CCC2)C1. The molecule has 3 heterocycles. The minimum atomic E-state index is -1.79. The molecule has 2 fully saturated rings. The Labute approximate surface area is 129 Å². The van der Waals surface area contributed by atoms with Crippen LogP contribution in [0.2, 0.25) is 0 Å². The van der Waals surface area contributed by atoms with Crippen LogP contribution in [0.1, 0.15) is 29.8 Å². The van der Waals surface area contributed by atoms with Crippen LogP contribution >= 0.6 is 0 Å². The van der Waals surface area contributed by atoms with Crippen LogP contribution < -0.4 is 5.56 Å². The number of hydrogen-bond donors (Lipinski definition) is 3. The van der Waals surface area contributed by atoms with Crippen molar-refractivity contribution in [2.75, 3.05) is 19.7 Å². The van der Waals surface area contributed by atoms with Crippen molar-refractivity contribution in [3.8, 4) is 0 Å². The van der Waals surface area contributed by atoms with Gasteiger partial charge in [0, 0.05) is 12.0 Å². The van der Waals surface area contributed by atoms with E-state index in [0.29, 0.717) is 12.8 Å². The number of aromatic nitrogens is 4. The van der Waals surface area contributed by atoms with Crippen molar-refractivity contribution in [3.63, 3.8) is 0 Å². The second kappa shape index (κ2) is 4.60. The second-order valence-electron chi connectivity index (χ2n) is 6.45. The Bertz CT molecular complexity index is 831. The van der Waals surface area contributed by atoms with Crippen LogP contribution in [-0.4, -0.2) is 61.4 Å².